The van der Waals surface area contributed by atoms with Crippen molar-refractivity contribution in [1.82, 2.24) is 5.32 Å². The van der Waals surface area contributed by atoms with Gasteiger partial charge in [0.1, 0.15) is 5.82 Å². The highest BCUT2D eigenvalue weighted by atomic mass is 79.9. The summed E-state index contributed by atoms with van der Waals surface area (Å²) in [6.45, 7) is 7.34. The minimum atomic E-state index is -0.214. The largest absolute Gasteiger partial charge is 0.306 e. The maximum atomic E-state index is 13.3. The molecular weight excluding hydrogens is 337 g/mol. The average molecular weight is 356 g/mol. The van der Waals surface area contributed by atoms with Crippen LogP contribution in [0.4, 0.5) is 4.39 Å². The smallest absolute Gasteiger partial charge is 0.124 e. The molecule has 0 aliphatic heterocycles. The van der Waals surface area contributed by atoms with Gasteiger partial charge in [0.05, 0.1) is 6.04 Å². The lowest BCUT2D eigenvalue weighted by Gasteiger charge is -2.20. The Morgan fingerprint density at radius 2 is 2.05 bits per heavy atom. The highest BCUT2D eigenvalue weighted by Crippen LogP contribution is 2.35. The third-order valence-electron chi connectivity index (χ3n) is 3.21. The first kappa shape index (κ1) is 15.7. The van der Waals surface area contributed by atoms with E-state index in [-0.39, 0.29) is 11.9 Å². The van der Waals surface area contributed by atoms with E-state index in [4.69, 9.17) is 0 Å². The van der Waals surface area contributed by atoms with Crippen molar-refractivity contribution in [2.45, 2.75) is 33.2 Å². The van der Waals surface area contributed by atoms with E-state index in [1.165, 1.54) is 27.5 Å². The summed E-state index contributed by atoms with van der Waals surface area (Å²) in [6, 6.07) is 7.24. The Labute approximate surface area is 132 Å². The fourth-order valence-corrected chi connectivity index (χ4v) is 4.02. The molecule has 0 radical (unpaired) electrons. The van der Waals surface area contributed by atoms with E-state index in [2.05, 4.69) is 48.1 Å². The van der Waals surface area contributed by atoms with Gasteiger partial charge in [-0.15, -0.1) is 11.3 Å². The van der Waals surface area contributed by atoms with Crippen molar-refractivity contribution < 1.29 is 4.39 Å². The van der Waals surface area contributed by atoms with E-state index in [0.717, 1.165) is 23.0 Å². The highest BCUT2D eigenvalue weighted by molar-refractivity contribution is 9.10. The lowest BCUT2D eigenvalue weighted by atomic mass is 10.0. The topological polar surface area (TPSA) is 12.0 Å². The van der Waals surface area contributed by atoms with Gasteiger partial charge < -0.3 is 5.32 Å². The van der Waals surface area contributed by atoms with Crippen molar-refractivity contribution >= 4 is 27.3 Å². The molecule has 0 saturated carbocycles. The maximum absolute atomic E-state index is 13.3. The lowest BCUT2D eigenvalue weighted by molar-refractivity contribution is 0.595. The van der Waals surface area contributed by atoms with E-state index in [1.54, 1.807) is 11.3 Å². The third kappa shape index (κ3) is 3.48. The fraction of sp³-hybridized carbons (Fsp3) is 0.375. The molecule has 2 rings (SSSR count). The summed E-state index contributed by atoms with van der Waals surface area (Å²) >= 11 is 5.30. The van der Waals surface area contributed by atoms with Crippen LogP contribution in [0.15, 0.2) is 28.7 Å². The third-order valence-corrected chi connectivity index (χ3v) is 5.12. The van der Waals surface area contributed by atoms with Gasteiger partial charge in [-0.2, -0.15) is 0 Å². The molecule has 4 heteroatoms. The Morgan fingerprint density at radius 3 is 2.60 bits per heavy atom. The molecule has 0 aliphatic carbocycles. The fourth-order valence-electron chi connectivity index (χ4n) is 2.31. The Hall–Kier alpha value is -0.710. The SMILES string of the molecule is CCCNC(c1ccc(F)cc1Br)c1sc(C)cc1C. The summed E-state index contributed by atoms with van der Waals surface area (Å²) in [5.41, 5.74) is 2.38. The zero-order valence-electron chi connectivity index (χ0n) is 12.0. The zero-order valence-corrected chi connectivity index (χ0v) is 14.4. The average Bonchev–Trinajstić information content (AvgIpc) is 2.71. The second kappa shape index (κ2) is 6.83. The van der Waals surface area contributed by atoms with Crippen molar-refractivity contribution in [2.24, 2.45) is 0 Å². The first-order valence-corrected chi connectivity index (χ1v) is 8.39. The van der Waals surface area contributed by atoms with Gasteiger partial charge in [-0.3, -0.25) is 0 Å². The van der Waals surface area contributed by atoms with Crippen LogP contribution in [-0.2, 0) is 0 Å². The lowest BCUT2D eigenvalue weighted by Crippen LogP contribution is -2.23. The molecule has 108 valence electrons. The molecule has 0 bridgehead atoms. The van der Waals surface area contributed by atoms with Crippen LogP contribution in [0, 0.1) is 19.7 Å². The molecule has 0 amide bonds. The first-order chi connectivity index (χ1) is 9.52. The molecule has 20 heavy (non-hydrogen) atoms. The molecule has 1 aromatic carbocycles. The molecule has 1 unspecified atom stereocenters. The molecular formula is C16H19BrFNS. The van der Waals surface area contributed by atoms with Gasteiger partial charge >= 0.3 is 0 Å². The summed E-state index contributed by atoms with van der Waals surface area (Å²) in [6.07, 6.45) is 1.07. The van der Waals surface area contributed by atoms with Crippen LogP contribution >= 0.6 is 27.3 Å². The number of halogens is 2. The molecule has 0 aliphatic rings. The Balaban J connectivity index is 2.44. The monoisotopic (exact) mass is 355 g/mol. The second-order valence-corrected chi connectivity index (χ2v) is 7.10. The zero-order chi connectivity index (χ0) is 14.7. The first-order valence-electron chi connectivity index (χ1n) is 6.78. The van der Waals surface area contributed by atoms with Gasteiger partial charge in [-0.1, -0.05) is 28.9 Å². The van der Waals surface area contributed by atoms with Crippen LogP contribution < -0.4 is 5.32 Å². The van der Waals surface area contributed by atoms with E-state index in [1.807, 2.05) is 6.07 Å². The quantitative estimate of drug-likeness (QED) is 0.761. The number of hydrogen-bond donors (Lipinski definition) is 1. The second-order valence-electron chi connectivity index (χ2n) is 4.96. The Bertz CT molecular complexity index is 594. The van der Waals surface area contributed by atoms with Crippen molar-refractivity contribution in [3.63, 3.8) is 0 Å². The summed E-state index contributed by atoms with van der Waals surface area (Å²) in [7, 11) is 0. The van der Waals surface area contributed by atoms with Crippen molar-refractivity contribution in [2.75, 3.05) is 6.54 Å². The standard InChI is InChI=1S/C16H19BrFNS/c1-4-7-19-15(16-10(2)8-11(3)20-16)13-6-5-12(18)9-14(13)17/h5-6,8-9,15,19H,4,7H2,1-3H3. The Morgan fingerprint density at radius 1 is 1.30 bits per heavy atom. The molecule has 0 spiro atoms. The molecule has 0 saturated heterocycles. The van der Waals surface area contributed by atoms with Crippen LogP contribution in [-0.4, -0.2) is 6.54 Å². The molecule has 1 nitrogen and oxygen atoms in total. The van der Waals surface area contributed by atoms with Crippen molar-refractivity contribution in [3.05, 3.63) is 55.4 Å². The van der Waals surface area contributed by atoms with Gasteiger partial charge in [-0.05, 0) is 56.1 Å². The molecule has 1 atom stereocenters. The normalized spacial score (nSPS) is 12.7. The van der Waals surface area contributed by atoms with E-state index in [0.29, 0.717) is 0 Å². The van der Waals surface area contributed by atoms with Gasteiger partial charge in [0.2, 0.25) is 0 Å². The number of nitrogens with one attached hydrogen (secondary N) is 1. The van der Waals surface area contributed by atoms with E-state index >= 15 is 0 Å². The van der Waals surface area contributed by atoms with Gasteiger partial charge in [0.25, 0.3) is 0 Å². The molecule has 2 aromatic rings. The Kier molecular flexibility index (Phi) is 5.35. The van der Waals surface area contributed by atoms with Crippen LogP contribution in [0.2, 0.25) is 0 Å². The van der Waals surface area contributed by atoms with Crippen LogP contribution in [0.1, 0.15) is 40.3 Å². The molecule has 0 fully saturated rings. The number of benzene rings is 1. The van der Waals surface area contributed by atoms with E-state index in [9.17, 15) is 4.39 Å². The van der Waals surface area contributed by atoms with Gasteiger partial charge in [0.15, 0.2) is 0 Å². The minimum absolute atomic E-state index is 0.114. The summed E-state index contributed by atoms with van der Waals surface area (Å²) in [4.78, 5) is 2.61. The minimum Gasteiger partial charge on any atom is -0.306 e. The van der Waals surface area contributed by atoms with Gasteiger partial charge in [0, 0.05) is 14.2 Å². The van der Waals surface area contributed by atoms with Crippen LogP contribution in [0.5, 0.6) is 0 Å². The van der Waals surface area contributed by atoms with Crippen LogP contribution in [0.25, 0.3) is 0 Å². The molecule has 1 N–H and O–H groups in total. The number of rotatable bonds is 5. The van der Waals surface area contributed by atoms with Crippen LogP contribution in [0.3, 0.4) is 0 Å². The summed E-state index contributed by atoms with van der Waals surface area (Å²) < 4.78 is 14.1. The maximum Gasteiger partial charge on any atom is 0.124 e. The number of hydrogen-bond acceptors (Lipinski definition) is 2. The van der Waals surface area contributed by atoms with Gasteiger partial charge in [-0.25, -0.2) is 4.39 Å². The van der Waals surface area contributed by atoms with Crippen molar-refractivity contribution in [3.8, 4) is 0 Å². The summed E-state index contributed by atoms with van der Waals surface area (Å²) in [5, 5.41) is 3.57. The summed E-state index contributed by atoms with van der Waals surface area (Å²) in [5.74, 6) is -0.214. The number of aryl methyl sites for hydroxylation is 2. The highest BCUT2D eigenvalue weighted by Gasteiger charge is 2.20. The predicted molar refractivity (Wildman–Crippen MR) is 88.0 cm³/mol. The number of thiophene rings is 1. The van der Waals surface area contributed by atoms with E-state index < -0.39 is 0 Å². The van der Waals surface area contributed by atoms with Crippen molar-refractivity contribution in [1.29, 1.82) is 0 Å². The molecule has 1 aromatic heterocycles. The predicted octanol–water partition coefficient (Wildman–Crippen LogP) is 5.36. The molecule has 1 heterocycles.